The molecule has 0 atom stereocenters. The van der Waals surface area contributed by atoms with Crippen molar-refractivity contribution >= 4 is 17.3 Å². The van der Waals surface area contributed by atoms with Gasteiger partial charge in [-0.3, -0.25) is 0 Å². The third-order valence-corrected chi connectivity index (χ3v) is 5.89. The fraction of sp³-hybridized carbons (Fsp3) is 0.261. The standard InChI is InChI=1S/C23H24FN3O6/c1-2-26-7-9-27(10-8-26)15-11-14(12-3-5-13(24)6-4-12)16-17(25-15)19(29)21(31)23(33)22(32)20(30)18(16)28/h3-6,11,28-33H,2,7-10H2,1H3. The Kier molecular flexibility index (Phi) is 5.77. The minimum absolute atomic E-state index is 0.210. The first-order valence-corrected chi connectivity index (χ1v) is 10.4. The summed E-state index contributed by atoms with van der Waals surface area (Å²) in [6.45, 7) is 5.76. The molecule has 1 fully saturated rings. The fourth-order valence-electron chi connectivity index (χ4n) is 3.93. The third-order valence-electron chi connectivity index (χ3n) is 5.89. The van der Waals surface area contributed by atoms with Crippen molar-refractivity contribution < 1.29 is 35.0 Å². The summed E-state index contributed by atoms with van der Waals surface area (Å²) >= 11 is 0. The Morgan fingerprint density at radius 2 is 1.33 bits per heavy atom. The molecular formula is C23H24FN3O6. The average molecular weight is 457 g/mol. The highest BCUT2D eigenvalue weighted by Crippen LogP contribution is 2.40. The summed E-state index contributed by atoms with van der Waals surface area (Å²) in [4.78, 5) is 8.62. The lowest BCUT2D eigenvalue weighted by Crippen LogP contribution is -2.46. The highest BCUT2D eigenvalue weighted by Gasteiger charge is 2.32. The van der Waals surface area contributed by atoms with Crippen LogP contribution in [0.1, 0.15) is 18.2 Å². The molecule has 1 saturated heterocycles. The van der Waals surface area contributed by atoms with Crippen molar-refractivity contribution in [3.05, 3.63) is 70.4 Å². The molecule has 0 amide bonds. The molecule has 10 heteroatoms. The SMILES string of the molecule is CCN1CCN(c2cc(-c3ccc(F)cc3)c3c(n2)C(O)=C(O)C(O)=C(O)C(O)=C3O)CC1. The highest BCUT2D eigenvalue weighted by atomic mass is 19.1. The van der Waals surface area contributed by atoms with Crippen molar-refractivity contribution in [1.29, 1.82) is 0 Å². The van der Waals surface area contributed by atoms with Crippen molar-refractivity contribution in [2.45, 2.75) is 6.92 Å². The lowest BCUT2D eigenvalue weighted by atomic mass is 9.94. The molecule has 0 unspecified atom stereocenters. The van der Waals surface area contributed by atoms with Crippen molar-refractivity contribution in [2.75, 3.05) is 37.6 Å². The number of pyridine rings is 1. The molecule has 2 aliphatic rings. The predicted molar refractivity (Wildman–Crippen MR) is 121 cm³/mol. The molecule has 1 aliphatic carbocycles. The number of likely N-dealkylation sites (N-methyl/N-ethyl adjacent to an activating group) is 1. The monoisotopic (exact) mass is 457 g/mol. The first-order valence-electron chi connectivity index (χ1n) is 10.4. The first-order chi connectivity index (χ1) is 15.7. The number of nitrogens with zero attached hydrogens (tertiary/aromatic N) is 3. The van der Waals surface area contributed by atoms with Crippen LogP contribution in [0.25, 0.3) is 22.6 Å². The van der Waals surface area contributed by atoms with Crippen molar-refractivity contribution in [2.24, 2.45) is 0 Å². The van der Waals surface area contributed by atoms with Gasteiger partial charge in [0, 0.05) is 26.2 Å². The number of hydrogen-bond acceptors (Lipinski definition) is 9. The van der Waals surface area contributed by atoms with E-state index in [9.17, 15) is 35.0 Å². The average Bonchev–Trinajstić information content (AvgIpc) is 2.85. The molecule has 33 heavy (non-hydrogen) atoms. The Labute approximate surface area is 188 Å². The van der Waals surface area contributed by atoms with E-state index >= 15 is 0 Å². The lowest BCUT2D eigenvalue weighted by molar-refractivity contribution is 0.252. The molecule has 1 aromatic heterocycles. The van der Waals surface area contributed by atoms with Gasteiger partial charge in [-0.25, -0.2) is 9.37 Å². The predicted octanol–water partition coefficient (Wildman–Crippen LogP) is 3.94. The van der Waals surface area contributed by atoms with Gasteiger partial charge in [0.05, 0.1) is 5.56 Å². The number of rotatable bonds is 3. The molecule has 1 aliphatic heterocycles. The molecular weight excluding hydrogens is 433 g/mol. The van der Waals surface area contributed by atoms with Crippen molar-refractivity contribution in [3.63, 3.8) is 0 Å². The number of piperazine rings is 1. The molecule has 0 spiro atoms. The molecule has 1 aromatic carbocycles. The van der Waals surface area contributed by atoms with E-state index < -0.39 is 40.4 Å². The summed E-state index contributed by atoms with van der Waals surface area (Å²) in [5.74, 6) is -6.58. The largest absolute Gasteiger partial charge is 0.504 e. The second-order valence-electron chi connectivity index (χ2n) is 7.77. The topological polar surface area (TPSA) is 141 Å². The van der Waals surface area contributed by atoms with E-state index in [0.717, 1.165) is 19.6 Å². The van der Waals surface area contributed by atoms with Gasteiger partial charge in [-0.15, -0.1) is 0 Å². The Morgan fingerprint density at radius 3 is 1.91 bits per heavy atom. The van der Waals surface area contributed by atoms with Crippen LogP contribution in [0.5, 0.6) is 0 Å². The van der Waals surface area contributed by atoms with Crippen LogP contribution in [0, 0.1) is 5.82 Å². The number of aromatic nitrogens is 1. The van der Waals surface area contributed by atoms with Crippen LogP contribution in [0.2, 0.25) is 0 Å². The number of anilines is 1. The number of benzene rings is 1. The van der Waals surface area contributed by atoms with Gasteiger partial charge in [0.1, 0.15) is 17.3 Å². The molecule has 2 heterocycles. The van der Waals surface area contributed by atoms with Gasteiger partial charge >= 0.3 is 0 Å². The summed E-state index contributed by atoms with van der Waals surface area (Å²) in [5.41, 5.74) is 0.136. The summed E-state index contributed by atoms with van der Waals surface area (Å²) < 4.78 is 13.6. The van der Waals surface area contributed by atoms with Gasteiger partial charge in [-0.2, -0.15) is 0 Å². The highest BCUT2D eigenvalue weighted by molar-refractivity contribution is 5.88. The normalized spacial score (nSPS) is 17.8. The van der Waals surface area contributed by atoms with Gasteiger partial charge < -0.3 is 40.4 Å². The Balaban J connectivity index is 2.00. The van der Waals surface area contributed by atoms with Crippen LogP contribution in [0.4, 0.5) is 10.2 Å². The van der Waals surface area contributed by atoms with Crippen LogP contribution < -0.4 is 4.90 Å². The molecule has 2 aromatic rings. The van der Waals surface area contributed by atoms with Crippen LogP contribution >= 0.6 is 0 Å². The third kappa shape index (κ3) is 3.89. The van der Waals surface area contributed by atoms with Gasteiger partial charge in [0.25, 0.3) is 0 Å². The molecule has 9 nitrogen and oxygen atoms in total. The Morgan fingerprint density at radius 1 is 0.788 bits per heavy atom. The zero-order valence-corrected chi connectivity index (χ0v) is 17.8. The number of fused-ring (bicyclic) bond motifs is 1. The summed E-state index contributed by atoms with van der Waals surface area (Å²) in [6, 6.07) is 6.93. The van der Waals surface area contributed by atoms with Crippen LogP contribution in [-0.4, -0.2) is 73.2 Å². The first kappa shape index (κ1) is 22.3. The second kappa shape index (κ2) is 8.55. The summed E-state index contributed by atoms with van der Waals surface area (Å²) in [7, 11) is 0. The van der Waals surface area contributed by atoms with Gasteiger partial charge in [-0.1, -0.05) is 19.1 Å². The quantitative estimate of drug-likeness (QED) is 0.404. The lowest BCUT2D eigenvalue weighted by Gasteiger charge is -2.35. The Hall–Kier alpha value is -3.92. The van der Waals surface area contributed by atoms with E-state index in [4.69, 9.17) is 0 Å². The van der Waals surface area contributed by atoms with Gasteiger partial charge in [0.15, 0.2) is 11.5 Å². The molecule has 0 radical (unpaired) electrons. The molecule has 4 rings (SSSR count). The van der Waals surface area contributed by atoms with E-state index in [0.29, 0.717) is 24.5 Å². The zero-order valence-electron chi connectivity index (χ0n) is 17.8. The molecule has 0 bridgehead atoms. The minimum atomic E-state index is -1.23. The second-order valence-corrected chi connectivity index (χ2v) is 7.77. The van der Waals surface area contributed by atoms with E-state index in [2.05, 4.69) is 16.8 Å². The van der Waals surface area contributed by atoms with Crippen LogP contribution in [0.3, 0.4) is 0 Å². The smallest absolute Gasteiger partial charge is 0.208 e. The zero-order chi connectivity index (χ0) is 23.9. The van der Waals surface area contributed by atoms with Crippen molar-refractivity contribution in [3.8, 4) is 11.1 Å². The fourth-order valence-corrected chi connectivity index (χ4v) is 3.93. The maximum atomic E-state index is 13.6. The van der Waals surface area contributed by atoms with E-state index in [1.807, 2.05) is 4.90 Å². The molecule has 174 valence electrons. The maximum Gasteiger partial charge on any atom is 0.208 e. The van der Waals surface area contributed by atoms with Gasteiger partial charge in [0.2, 0.25) is 23.0 Å². The molecule has 6 N–H and O–H groups in total. The summed E-state index contributed by atoms with van der Waals surface area (Å²) in [5, 5.41) is 62.1. The number of aliphatic hydroxyl groups is 6. The van der Waals surface area contributed by atoms with Crippen molar-refractivity contribution in [1.82, 2.24) is 9.88 Å². The van der Waals surface area contributed by atoms with E-state index in [1.54, 1.807) is 6.07 Å². The minimum Gasteiger partial charge on any atom is -0.504 e. The molecule has 0 saturated carbocycles. The number of halogens is 1. The number of aliphatic hydroxyl groups excluding tert-OH is 6. The van der Waals surface area contributed by atoms with Crippen LogP contribution in [-0.2, 0) is 0 Å². The number of hydrogen-bond donors (Lipinski definition) is 6. The summed E-state index contributed by atoms with van der Waals surface area (Å²) in [6.07, 6.45) is 0. The van der Waals surface area contributed by atoms with Crippen LogP contribution in [0.15, 0.2) is 53.4 Å². The van der Waals surface area contributed by atoms with E-state index in [1.165, 1.54) is 24.3 Å². The maximum absolute atomic E-state index is 13.6. The van der Waals surface area contributed by atoms with Gasteiger partial charge in [-0.05, 0) is 35.9 Å². The Bertz CT molecular complexity index is 1180. The van der Waals surface area contributed by atoms with E-state index in [-0.39, 0.29) is 16.8 Å².